The summed E-state index contributed by atoms with van der Waals surface area (Å²) in [5, 5.41) is 3.31. The number of rotatable bonds is 5. The molecule has 1 N–H and O–H groups in total. The van der Waals surface area contributed by atoms with Crippen molar-refractivity contribution in [2.24, 2.45) is 5.92 Å². The molecule has 1 aliphatic heterocycles. The Bertz CT molecular complexity index is 515. The predicted molar refractivity (Wildman–Crippen MR) is 87.5 cm³/mol. The van der Waals surface area contributed by atoms with Crippen LogP contribution in [0.5, 0.6) is 5.75 Å². The highest BCUT2D eigenvalue weighted by molar-refractivity contribution is 5.94. The molecule has 4 nitrogen and oxygen atoms in total. The zero-order chi connectivity index (χ0) is 16.9. The minimum Gasteiger partial charge on any atom is -0.406 e. The number of ether oxygens (including phenoxy) is 1. The molecule has 0 aromatic heterocycles. The van der Waals surface area contributed by atoms with Crippen LogP contribution in [0.2, 0.25) is 0 Å². The van der Waals surface area contributed by atoms with Gasteiger partial charge in [-0.3, -0.25) is 4.79 Å². The highest BCUT2D eigenvalue weighted by atomic mass is 35.5. The fraction of sp³-hybridized carbons (Fsp3) is 0.562. The number of hydrogen-bond donors (Lipinski definition) is 1. The number of piperidine rings is 1. The Morgan fingerprint density at radius 3 is 2.33 bits per heavy atom. The van der Waals surface area contributed by atoms with E-state index in [4.69, 9.17) is 0 Å². The second-order valence-corrected chi connectivity index (χ2v) is 5.62. The van der Waals surface area contributed by atoms with Gasteiger partial charge < -0.3 is 15.0 Å². The van der Waals surface area contributed by atoms with E-state index < -0.39 is 6.36 Å². The smallest absolute Gasteiger partial charge is 0.406 e. The summed E-state index contributed by atoms with van der Waals surface area (Å²) in [7, 11) is 0. The summed E-state index contributed by atoms with van der Waals surface area (Å²) in [6.45, 7) is 5.31. The Kier molecular flexibility index (Phi) is 7.83. The number of benzene rings is 1. The van der Waals surface area contributed by atoms with Crippen LogP contribution in [0.15, 0.2) is 24.3 Å². The molecule has 0 saturated carbocycles. The molecule has 1 amide bonds. The Balaban J connectivity index is 0.00000288. The van der Waals surface area contributed by atoms with E-state index >= 15 is 0 Å². The molecule has 1 aromatic carbocycles. The second-order valence-electron chi connectivity index (χ2n) is 5.62. The molecule has 1 aromatic rings. The molecule has 1 saturated heterocycles. The van der Waals surface area contributed by atoms with Gasteiger partial charge in [-0.15, -0.1) is 25.6 Å². The summed E-state index contributed by atoms with van der Waals surface area (Å²) in [6.07, 6.45) is -2.85. The number of halogens is 4. The van der Waals surface area contributed by atoms with Crippen LogP contribution in [0, 0.1) is 5.92 Å². The molecule has 0 aliphatic carbocycles. The first-order chi connectivity index (χ1) is 10.9. The Morgan fingerprint density at radius 2 is 1.83 bits per heavy atom. The summed E-state index contributed by atoms with van der Waals surface area (Å²) < 4.78 is 40.1. The molecule has 24 heavy (non-hydrogen) atoms. The van der Waals surface area contributed by atoms with E-state index in [1.807, 2.05) is 0 Å². The maximum Gasteiger partial charge on any atom is 0.573 e. The molecule has 0 spiro atoms. The van der Waals surface area contributed by atoms with Crippen LogP contribution < -0.4 is 10.1 Å². The highest BCUT2D eigenvalue weighted by Gasteiger charge is 2.31. The summed E-state index contributed by atoms with van der Waals surface area (Å²) in [4.78, 5) is 14.1. The third kappa shape index (κ3) is 6.20. The zero-order valence-electron chi connectivity index (χ0n) is 13.4. The third-order valence-corrected chi connectivity index (χ3v) is 3.92. The fourth-order valence-electron chi connectivity index (χ4n) is 2.67. The normalized spacial score (nSPS) is 15.8. The van der Waals surface area contributed by atoms with Gasteiger partial charge >= 0.3 is 6.36 Å². The van der Waals surface area contributed by atoms with Crippen LogP contribution in [0.4, 0.5) is 13.2 Å². The van der Waals surface area contributed by atoms with Crippen molar-refractivity contribution in [3.8, 4) is 5.75 Å². The maximum atomic E-state index is 12.4. The third-order valence-electron chi connectivity index (χ3n) is 3.92. The lowest BCUT2D eigenvalue weighted by molar-refractivity contribution is -0.274. The molecule has 1 aliphatic rings. The van der Waals surface area contributed by atoms with E-state index in [1.165, 1.54) is 24.3 Å². The van der Waals surface area contributed by atoms with Gasteiger partial charge in [0.1, 0.15) is 5.75 Å². The van der Waals surface area contributed by atoms with E-state index in [2.05, 4.69) is 17.0 Å². The van der Waals surface area contributed by atoms with Gasteiger partial charge in [-0.2, -0.15) is 0 Å². The van der Waals surface area contributed by atoms with Gasteiger partial charge in [0.15, 0.2) is 0 Å². The monoisotopic (exact) mass is 366 g/mol. The average molecular weight is 367 g/mol. The molecule has 1 fully saturated rings. The van der Waals surface area contributed by atoms with Gasteiger partial charge in [-0.05, 0) is 56.1 Å². The summed E-state index contributed by atoms with van der Waals surface area (Å²) in [5.74, 6) is 0.102. The number of likely N-dealkylation sites (tertiary alicyclic amines) is 1. The maximum absolute atomic E-state index is 12.4. The van der Waals surface area contributed by atoms with E-state index in [0.717, 1.165) is 25.9 Å². The van der Waals surface area contributed by atoms with Gasteiger partial charge in [-0.25, -0.2) is 0 Å². The molecule has 0 bridgehead atoms. The van der Waals surface area contributed by atoms with Crippen LogP contribution in [0.3, 0.4) is 0 Å². The van der Waals surface area contributed by atoms with Crippen LogP contribution in [-0.2, 0) is 0 Å². The summed E-state index contributed by atoms with van der Waals surface area (Å²) >= 11 is 0. The molecule has 0 atom stereocenters. The van der Waals surface area contributed by atoms with Crippen molar-refractivity contribution in [3.05, 3.63) is 29.8 Å². The van der Waals surface area contributed by atoms with Crippen molar-refractivity contribution in [1.82, 2.24) is 10.2 Å². The Labute approximate surface area is 145 Å². The lowest BCUT2D eigenvalue weighted by Crippen LogP contribution is -2.40. The molecule has 136 valence electrons. The highest BCUT2D eigenvalue weighted by Crippen LogP contribution is 2.24. The van der Waals surface area contributed by atoms with Crippen LogP contribution in [0.25, 0.3) is 0 Å². The van der Waals surface area contributed by atoms with Gasteiger partial charge in [-0.1, -0.05) is 6.92 Å². The number of carbonyl (C=O) groups is 1. The summed E-state index contributed by atoms with van der Waals surface area (Å²) in [6, 6.07) is 5.07. The van der Waals surface area contributed by atoms with Crippen molar-refractivity contribution in [1.29, 1.82) is 0 Å². The van der Waals surface area contributed by atoms with E-state index in [-0.39, 0.29) is 24.1 Å². The van der Waals surface area contributed by atoms with E-state index in [1.54, 1.807) is 4.90 Å². The van der Waals surface area contributed by atoms with Gasteiger partial charge in [0.25, 0.3) is 5.91 Å². The number of hydrogen-bond acceptors (Lipinski definition) is 3. The van der Waals surface area contributed by atoms with Gasteiger partial charge in [0.2, 0.25) is 0 Å². The second kappa shape index (κ2) is 9.13. The number of alkyl halides is 3. The number of nitrogens with one attached hydrogen (secondary N) is 1. The molecule has 8 heteroatoms. The number of carbonyl (C=O) groups excluding carboxylic acids is 1. The summed E-state index contributed by atoms with van der Waals surface area (Å²) in [5.41, 5.74) is 0.379. The first kappa shape index (κ1) is 20.6. The standard InChI is InChI=1S/C16H21F3N2O2.ClH/c1-2-20-11-12-7-9-21(10-8-12)15(22)13-3-5-14(6-4-13)23-16(17,18)19;/h3-6,12,20H,2,7-11H2,1H3;1H. The van der Waals surface area contributed by atoms with Crippen LogP contribution >= 0.6 is 12.4 Å². The molecule has 0 radical (unpaired) electrons. The number of amides is 1. The minimum absolute atomic E-state index is 0. The Hall–Kier alpha value is -1.47. The van der Waals surface area contributed by atoms with Crippen molar-refractivity contribution in [2.75, 3.05) is 26.2 Å². The lowest BCUT2D eigenvalue weighted by atomic mass is 9.96. The van der Waals surface area contributed by atoms with Crippen molar-refractivity contribution >= 4 is 18.3 Å². The topological polar surface area (TPSA) is 41.6 Å². The zero-order valence-corrected chi connectivity index (χ0v) is 14.3. The molecule has 2 rings (SSSR count). The molecular weight excluding hydrogens is 345 g/mol. The minimum atomic E-state index is -4.72. The van der Waals surface area contributed by atoms with Crippen molar-refractivity contribution in [2.45, 2.75) is 26.1 Å². The molecule has 1 heterocycles. The lowest BCUT2D eigenvalue weighted by Gasteiger charge is -2.32. The fourth-order valence-corrected chi connectivity index (χ4v) is 2.67. The van der Waals surface area contributed by atoms with Gasteiger partial charge in [0, 0.05) is 18.7 Å². The Morgan fingerprint density at radius 1 is 1.25 bits per heavy atom. The first-order valence-corrected chi connectivity index (χ1v) is 7.75. The van der Waals surface area contributed by atoms with E-state index in [9.17, 15) is 18.0 Å². The predicted octanol–water partition coefficient (Wildman–Crippen LogP) is 3.47. The number of nitrogens with zero attached hydrogens (tertiary/aromatic N) is 1. The quantitative estimate of drug-likeness (QED) is 0.867. The van der Waals surface area contributed by atoms with Crippen LogP contribution in [0.1, 0.15) is 30.1 Å². The van der Waals surface area contributed by atoms with E-state index in [0.29, 0.717) is 24.6 Å². The average Bonchev–Trinajstić information content (AvgIpc) is 2.52. The van der Waals surface area contributed by atoms with Gasteiger partial charge in [0.05, 0.1) is 0 Å². The SMILES string of the molecule is CCNCC1CCN(C(=O)c2ccc(OC(F)(F)F)cc2)CC1.Cl. The first-order valence-electron chi connectivity index (χ1n) is 7.75. The molecular formula is C16H22ClF3N2O2. The molecule has 0 unspecified atom stereocenters. The van der Waals surface area contributed by atoms with Crippen molar-refractivity contribution < 1.29 is 22.7 Å². The van der Waals surface area contributed by atoms with Crippen molar-refractivity contribution in [3.63, 3.8) is 0 Å². The van der Waals surface area contributed by atoms with Crippen LogP contribution in [-0.4, -0.2) is 43.3 Å². The largest absolute Gasteiger partial charge is 0.573 e.